The number of rotatable bonds is 10. The Kier molecular flexibility index (Phi) is 7.62. The molecule has 150 valence electrons. The van der Waals surface area contributed by atoms with Gasteiger partial charge in [0.25, 0.3) is 11.6 Å². The number of nitro benzene ring substituents is 1. The first-order chi connectivity index (χ1) is 13.5. The maximum Gasteiger partial charge on any atom is 0.273 e. The smallest absolute Gasteiger partial charge is 0.273 e. The lowest BCUT2D eigenvalue weighted by molar-refractivity contribution is -0.384. The topological polar surface area (TPSA) is 91.1 Å². The fourth-order valence-electron chi connectivity index (χ4n) is 2.61. The highest BCUT2D eigenvalue weighted by atomic mass is 16.6. The molecule has 8 nitrogen and oxygen atoms in total. The standard InChI is InChI=1S/C20H24N2O6/c1-4-21(13-15-9-10-18(27-5-2)19(11-15)26-3)20(23)14-28-17-8-6-7-16(12-17)22(24)25/h6-12H,4-5,13-14H2,1-3H3. The van der Waals surface area contributed by atoms with Crippen LogP contribution in [-0.2, 0) is 11.3 Å². The molecular formula is C20H24N2O6. The Labute approximate surface area is 163 Å². The summed E-state index contributed by atoms with van der Waals surface area (Å²) >= 11 is 0. The van der Waals surface area contributed by atoms with Crippen molar-refractivity contribution < 1.29 is 23.9 Å². The number of ether oxygens (including phenoxy) is 3. The third-order valence-corrected chi connectivity index (χ3v) is 4.03. The zero-order valence-corrected chi connectivity index (χ0v) is 16.2. The van der Waals surface area contributed by atoms with Crippen molar-refractivity contribution >= 4 is 11.6 Å². The summed E-state index contributed by atoms with van der Waals surface area (Å²) in [5.41, 5.74) is 0.810. The Morgan fingerprint density at radius 2 is 1.89 bits per heavy atom. The van der Waals surface area contributed by atoms with E-state index >= 15 is 0 Å². The lowest BCUT2D eigenvalue weighted by Crippen LogP contribution is -2.34. The van der Waals surface area contributed by atoms with Crippen molar-refractivity contribution in [1.29, 1.82) is 0 Å². The molecule has 0 radical (unpaired) electrons. The molecule has 28 heavy (non-hydrogen) atoms. The molecule has 0 fully saturated rings. The first kappa shape index (κ1) is 21.0. The minimum Gasteiger partial charge on any atom is -0.493 e. The van der Waals surface area contributed by atoms with Crippen LogP contribution in [-0.4, -0.2) is 42.6 Å². The van der Waals surface area contributed by atoms with Gasteiger partial charge in [-0.2, -0.15) is 0 Å². The second-order valence-electron chi connectivity index (χ2n) is 5.87. The third-order valence-electron chi connectivity index (χ3n) is 4.03. The molecule has 0 atom stereocenters. The molecule has 1 amide bonds. The number of hydrogen-bond donors (Lipinski definition) is 0. The first-order valence-corrected chi connectivity index (χ1v) is 8.93. The van der Waals surface area contributed by atoms with E-state index in [1.54, 1.807) is 18.1 Å². The van der Waals surface area contributed by atoms with Crippen LogP contribution >= 0.6 is 0 Å². The average molecular weight is 388 g/mol. The predicted molar refractivity (Wildman–Crippen MR) is 104 cm³/mol. The van der Waals surface area contributed by atoms with Gasteiger partial charge < -0.3 is 19.1 Å². The first-order valence-electron chi connectivity index (χ1n) is 8.93. The summed E-state index contributed by atoms with van der Waals surface area (Å²) in [6.07, 6.45) is 0. The zero-order valence-electron chi connectivity index (χ0n) is 16.2. The fourth-order valence-corrected chi connectivity index (χ4v) is 2.61. The number of amides is 1. The van der Waals surface area contributed by atoms with E-state index in [0.717, 1.165) is 5.56 Å². The number of nitrogens with zero attached hydrogens (tertiary/aromatic N) is 2. The molecule has 0 bridgehead atoms. The summed E-state index contributed by atoms with van der Waals surface area (Å²) in [7, 11) is 1.57. The molecule has 0 aliphatic heterocycles. The molecule has 0 N–H and O–H groups in total. The highest BCUT2D eigenvalue weighted by Crippen LogP contribution is 2.28. The Morgan fingerprint density at radius 1 is 1.11 bits per heavy atom. The van der Waals surface area contributed by atoms with Crippen molar-refractivity contribution in [2.45, 2.75) is 20.4 Å². The van der Waals surface area contributed by atoms with Gasteiger partial charge >= 0.3 is 0 Å². The minimum absolute atomic E-state index is 0.0845. The van der Waals surface area contributed by atoms with Crippen LogP contribution in [0.5, 0.6) is 17.2 Å². The van der Waals surface area contributed by atoms with E-state index in [0.29, 0.717) is 31.2 Å². The molecule has 0 aliphatic rings. The second kappa shape index (κ2) is 10.1. The normalized spacial score (nSPS) is 10.2. The van der Waals surface area contributed by atoms with E-state index in [9.17, 15) is 14.9 Å². The maximum atomic E-state index is 12.5. The predicted octanol–water partition coefficient (Wildman–Crippen LogP) is 3.43. The SMILES string of the molecule is CCOc1ccc(CN(CC)C(=O)COc2cccc([N+](=O)[O-])c2)cc1OC. The van der Waals surface area contributed by atoms with E-state index in [2.05, 4.69) is 0 Å². The molecule has 0 spiro atoms. The van der Waals surface area contributed by atoms with Crippen LogP contribution in [0.1, 0.15) is 19.4 Å². The number of likely N-dealkylation sites (N-methyl/N-ethyl adjacent to an activating group) is 1. The number of benzene rings is 2. The zero-order chi connectivity index (χ0) is 20.5. The molecule has 0 unspecified atom stereocenters. The van der Waals surface area contributed by atoms with E-state index in [1.807, 2.05) is 32.0 Å². The van der Waals surface area contributed by atoms with Gasteiger partial charge in [-0.3, -0.25) is 14.9 Å². The summed E-state index contributed by atoms with van der Waals surface area (Å²) in [6, 6.07) is 11.3. The molecule has 2 rings (SSSR count). The lowest BCUT2D eigenvalue weighted by Gasteiger charge is -2.22. The largest absolute Gasteiger partial charge is 0.493 e. The van der Waals surface area contributed by atoms with Crippen molar-refractivity contribution in [3.63, 3.8) is 0 Å². The average Bonchev–Trinajstić information content (AvgIpc) is 2.71. The number of carbonyl (C=O) groups excluding carboxylic acids is 1. The molecule has 0 saturated heterocycles. The van der Waals surface area contributed by atoms with Gasteiger partial charge in [0.15, 0.2) is 18.1 Å². The van der Waals surface area contributed by atoms with Crippen LogP contribution in [0.2, 0.25) is 0 Å². The Hall–Kier alpha value is -3.29. The van der Waals surface area contributed by atoms with Crippen LogP contribution in [0.15, 0.2) is 42.5 Å². The minimum atomic E-state index is -0.508. The molecule has 0 saturated carbocycles. The Bertz CT molecular complexity index is 824. The van der Waals surface area contributed by atoms with Crippen molar-refractivity contribution in [2.24, 2.45) is 0 Å². The second-order valence-corrected chi connectivity index (χ2v) is 5.87. The van der Waals surface area contributed by atoms with Crippen molar-refractivity contribution in [1.82, 2.24) is 4.90 Å². The van der Waals surface area contributed by atoms with E-state index in [4.69, 9.17) is 14.2 Å². The number of carbonyl (C=O) groups is 1. The molecule has 2 aromatic rings. The summed E-state index contributed by atoms with van der Waals surface area (Å²) in [4.78, 5) is 24.5. The number of hydrogen-bond acceptors (Lipinski definition) is 6. The van der Waals surface area contributed by atoms with Crippen LogP contribution in [0.3, 0.4) is 0 Å². The van der Waals surface area contributed by atoms with Crippen molar-refractivity contribution in [2.75, 3.05) is 26.9 Å². The van der Waals surface area contributed by atoms with Gasteiger partial charge in [-0.05, 0) is 37.6 Å². The van der Waals surface area contributed by atoms with E-state index in [1.165, 1.54) is 18.2 Å². The summed E-state index contributed by atoms with van der Waals surface area (Å²) in [6.45, 7) is 4.97. The molecule has 0 aliphatic carbocycles. The summed E-state index contributed by atoms with van der Waals surface area (Å²) < 4.78 is 16.3. The monoisotopic (exact) mass is 388 g/mol. The molecule has 2 aromatic carbocycles. The quantitative estimate of drug-likeness (QED) is 0.457. The fraction of sp³-hybridized carbons (Fsp3) is 0.350. The van der Waals surface area contributed by atoms with Crippen LogP contribution in [0, 0.1) is 10.1 Å². The van der Waals surface area contributed by atoms with Gasteiger partial charge in [-0.15, -0.1) is 0 Å². The van der Waals surface area contributed by atoms with E-state index in [-0.39, 0.29) is 24.0 Å². The molecule has 0 heterocycles. The lowest BCUT2D eigenvalue weighted by atomic mass is 10.2. The van der Waals surface area contributed by atoms with Gasteiger partial charge in [0.1, 0.15) is 5.75 Å². The molecule has 0 aromatic heterocycles. The number of nitro groups is 1. The summed E-state index contributed by atoms with van der Waals surface area (Å²) in [5, 5.41) is 10.8. The maximum absolute atomic E-state index is 12.5. The van der Waals surface area contributed by atoms with Crippen LogP contribution < -0.4 is 14.2 Å². The van der Waals surface area contributed by atoms with Crippen molar-refractivity contribution in [3.8, 4) is 17.2 Å². The highest BCUT2D eigenvalue weighted by molar-refractivity contribution is 5.77. The van der Waals surface area contributed by atoms with Gasteiger partial charge in [-0.25, -0.2) is 0 Å². The Morgan fingerprint density at radius 3 is 2.54 bits per heavy atom. The van der Waals surface area contributed by atoms with Crippen molar-refractivity contribution in [3.05, 3.63) is 58.1 Å². The van der Waals surface area contributed by atoms with E-state index < -0.39 is 4.92 Å². The van der Waals surface area contributed by atoms with Crippen LogP contribution in [0.25, 0.3) is 0 Å². The number of methoxy groups -OCH3 is 1. The molecule has 8 heteroatoms. The van der Waals surface area contributed by atoms with Gasteiger partial charge in [0.2, 0.25) is 0 Å². The van der Waals surface area contributed by atoms with Gasteiger partial charge in [0, 0.05) is 19.2 Å². The Balaban J connectivity index is 2.01. The third kappa shape index (κ3) is 5.60. The number of non-ortho nitro benzene ring substituents is 1. The van der Waals surface area contributed by atoms with Crippen LogP contribution in [0.4, 0.5) is 5.69 Å². The van der Waals surface area contributed by atoms with Gasteiger partial charge in [0.05, 0.1) is 24.7 Å². The summed E-state index contributed by atoms with van der Waals surface area (Å²) in [5.74, 6) is 1.32. The molecular weight excluding hydrogens is 364 g/mol. The highest BCUT2D eigenvalue weighted by Gasteiger charge is 2.15. The van der Waals surface area contributed by atoms with Gasteiger partial charge in [-0.1, -0.05) is 12.1 Å².